The zero-order valence-corrected chi connectivity index (χ0v) is 13.0. The molecule has 0 spiro atoms. The van der Waals surface area contributed by atoms with Crippen molar-refractivity contribution < 1.29 is 9.84 Å². The summed E-state index contributed by atoms with van der Waals surface area (Å²) in [6, 6.07) is 0. The molecule has 0 aromatic heterocycles. The molecule has 0 bridgehead atoms. The second kappa shape index (κ2) is 8.90. The molecule has 0 saturated heterocycles. The molecule has 0 aliphatic heterocycles. The van der Waals surface area contributed by atoms with Gasteiger partial charge in [-0.25, -0.2) is 0 Å². The molecule has 1 fully saturated rings. The van der Waals surface area contributed by atoms with Crippen LogP contribution in [-0.4, -0.2) is 63.6 Å². The van der Waals surface area contributed by atoms with Crippen LogP contribution in [0.4, 0.5) is 0 Å². The van der Waals surface area contributed by atoms with Gasteiger partial charge in [-0.2, -0.15) is 0 Å². The Labute approximate surface area is 118 Å². The molecule has 1 rings (SSSR count). The molecule has 0 amide bonds. The maximum absolute atomic E-state index is 9.06. The number of nitrogens with one attached hydrogen (secondary N) is 1. The summed E-state index contributed by atoms with van der Waals surface area (Å²) in [5.74, 6) is 0.871. The van der Waals surface area contributed by atoms with Gasteiger partial charge in [-0.15, -0.1) is 0 Å². The molecule has 1 aliphatic carbocycles. The van der Waals surface area contributed by atoms with E-state index in [9.17, 15) is 0 Å². The zero-order valence-electron chi connectivity index (χ0n) is 13.0. The minimum atomic E-state index is 0.250. The normalized spacial score (nSPS) is 27.9. The molecule has 4 heteroatoms. The molecular weight excluding hydrogens is 240 g/mol. The quantitative estimate of drug-likeness (QED) is 0.622. The highest BCUT2D eigenvalue weighted by Crippen LogP contribution is 2.38. The van der Waals surface area contributed by atoms with E-state index in [0.29, 0.717) is 5.41 Å². The Morgan fingerprint density at radius 2 is 2.05 bits per heavy atom. The van der Waals surface area contributed by atoms with Crippen LogP contribution in [0.2, 0.25) is 0 Å². The highest BCUT2D eigenvalue weighted by Gasteiger charge is 2.34. The number of hydrogen-bond donors (Lipinski definition) is 2. The van der Waals surface area contributed by atoms with E-state index in [4.69, 9.17) is 9.84 Å². The second-order valence-corrected chi connectivity index (χ2v) is 6.31. The van der Waals surface area contributed by atoms with Gasteiger partial charge in [0.25, 0.3) is 0 Å². The highest BCUT2D eigenvalue weighted by molar-refractivity contribution is 4.89. The molecule has 0 atom stereocenters. The lowest BCUT2D eigenvalue weighted by atomic mass is 9.70. The second-order valence-electron chi connectivity index (χ2n) is 6.31. The fraction of sp³-hybridized carbons (Fsp3) is 1.00. The minimum absolute atomic E-state index is 0.250. The van der Waals surface area contributed by atoms with Crippen LogP contribution in [0.1, 0.15) is 32.6 Å². The maximum atomic E-state index is 9.06. The van der Waals surface area contributed by atoms with Crippen molar-refractivity contribution in [3.63, 3.8) is 0 Å². The van der Waals surface area contributed by atoms with Crippen LogP contribution < -0.4 is 5.32 Å². The molecular formula is C15H32N2O2. The van der Waals surface area contributed by atoms with Crippen LogP contribution in [0.3, 0.4) is 0 Å². The molecule has 1 saturated carbocycles. The van der Waals surface area contributed by atoms with E-state index in [-0.39, 0.29) is 6.61 Å². The predicted molar refractivity (Wildman–Crippen MR) is 79.4 cm³/mol. The smallest absolute Gasteiger partial charge is 0.0587 e. The van der Waals surface area contributed by atoms with Gasteiger partial charge in [0.05, 0.1) is 13.2 Å². The van der Waals surface area contributed by atoms with Gasteiger partial charge in [-0.05, 0) is 31.2 Å². The van der Waals surface area contributed by atoms with Crippen molar-refractivity contribution >= 4 is 0 Å². The molecule has 0 radical (unpaired) electrons. The molecule has 0 heterocycles. The zero-order chi connectivity index (χ0) is 14.1. The monoisotopic (exact) mass is 272 g/mol. The summed E-state index contributed by atoms with van der Waals surface area (Å²) >= 11 is 0. The van der Waals surface area contributed by atoms with Gasteiger partial charge in [0.1, 0.15) is 0 Å². The predicted octanol–water partition coefficient (Wildman–Crippen LogP) is 1.34. The number of likely N-dealkylation sites (N-methyl/N-ethyl adjacent to an activating group) is 1. The van der Waals surface area contributed by atoms with Gasteiger partial charge in [0.15, 0.2) is 0 Å². The lowest BCUT2D eigenvalue weighted by molar-refractivity contribution is 0.0869. The fourth-order valence-electron chi connectivity index (χ4n) is 3.12. The van der Waals surface area contributed by atoms with Crippen LogP contribution in [0.5, 0.6) is 0 Å². The summed E-state index contributed by atoms with van der Waals surface area (Å²) in [7, 11) is 3.86. The number of aliphatic hydroxyl groups is 1. The van der Waals surface area contributed by atoms with Crippen LogP contribution in [0.15, 0.2) is 0 Å². The standard InChI is InChI=1S/C15H32N2O2/c1-14-4-6-15(7-5-14,12-16-8-11-19-3)13-17(2)9-10-18/h14,16,18H,4-13H2,1-3H3. The van der Waals surface area contributed by atoms with Gasteiger partial charge in [-0.1, -0.05) is 19.8 Å². The maximum Gasteiger partial charge on any atom is 0.0587 e. The number of methoxy groups -OCH3 is 1. The van der Waals surface area contributed by atoms with E-state index < -0.39 is 0 Å². The third-order valence-electron chi connectivity index (χ3n) is 4.40. The highest BCUT2D eigenvalue weighted by atomic mass is 16.5. The molecule has 0 aromatic rings. The summed E-state index contributed by atoms with van der Waals surface area (Å²) in [5, 5.41) is 12.6. The third-order valence-corrected chi connectivity index (χ3v) is 4.40. The number of nitrogens with zero attached hydrogens (tertiary/aromatic N) is 1. The number of hydrogen-bond acceptors (Lipinski definition) is 4. The van der Waals surface area contributed by atoms with E-state index in [1.54, 1.807) is 7.11 Å². The SMILES string of the molecule is COCCNCC1(CN(C)CCO)CCC(C)CC1. The molecule has 0 aromatic carbocycles. The molecule has 0 unspecified atom stereocenters. The number of rotatable bonds is 9. The fourth-order valence-corrected chi connectivity index (χ4v) is 3.12. The Balaban J connectivity index is 2.47. The lowest BCUT2D eigenvalue weighted by Gasteiger charge is -2.42. The third kappa shape index (κ3) is 6.21. The van der Waals surface area contributed by atoms with Crippen molar-refractivity contribution in [2.75, 3.05) is 53.6 Å². The molecule has 114 valence electrons. The number of aliphatic hydroxyl groups excluding tert-OH is 1. The number of ether oxygens (including phenoxy) is 1. The minimum Gasteiger partial charge on any atom is -0.395 e. The first kappa shape index (κ1) is 16.9. The van der Waals surface area contributed by atoms with Crippen LogP contribution in [0, 0.1) is 11.3 Å². The first-order valence-corrected chi connectivity index (χ1v) is 7.61. The van der Waals surface area contributed by atoms with Gasteiger partial charge in [0, 0.05) is 33.3 Å². The Kier molecular flexibility index (Phi) is 7.91. The Morgan fingerprint density at radius 1 is 1.37 bits per heavy atom. The summed E-state index contributed by atoms with van der Waals surface area (Å²) in [6.45, 7) is 7.24. The topological polar surface area (TPSA) is 44.7 Å². The van der Waals surface area contributed by atoms with E-state index in [1.165, 1.54) is 25.7 Å². The van der Waals surface area contributed by atoms with E-state index in [2.05, 4.69) is 24.2 Å². The summed E-state index contributed by atoms with van der Waals surface area (Å²) in [4.78, 5) is 2.27. The summed E-state index contributed by atoms with van der Waals surface area (Å²) in [6.07, 6.45) is 5.26. The molecule has 1 aliphatic rings. The molecule has 4 nitrogen and oxygen atoms in total. The van der Waals surface area contributed by atoms with Crippen molar-refractivity contribution in [1.29, 1.82) is 0 Å². The van der Waals surface area contributed by atoms with E-state index in [0.717, 1.165) is 38.7 Å². The van der Waals surface area contributed by atoms with Gasteiger partial charge >= 0.3 is 0 Å². The summed E-state index contributed by atoms with van der Waals surface area (Å²) < 4.78 is 5.09. The van der Waals surface area contributed by atoms with Gasteiger partial charge in [0.2, 0.25) is 0 Å². The molecule has 19 heavy (non-hydrogen) atoms. The van der Waals surface area contributed by atoms with Gasteiger partial charge < -0.3 is 20.1 Å². The van der Waals surface area contributed by atoms with Crippen molar-refractivity contribution in [3.05, 3.63) is 0 Å². The Morgan fingerprint density at radius 3 is 2.63 bits per heavy atom. The van der Waals surface area contributed by atoms with Crippen LogP contribution >= 0.6 is 0 Å². The Hall–Kier alpha value is -0.160. The average Bonchev–Trinajstić information content (AvgIpc) is 2.39. The first-order valence-electron chi connectivity index (χ1n) is 7.61. The van der Waals surface area contributed by atoms with Crippen molar-refractivity contribution in [1.82, 2.24) is 10.2 Å². The van der Waals surface area contributed by atoms with Crippen molar-refractivity contribution in [3.8, 4) is 0 Å². The largest absolute Gasteiger partial charge is 0.395 e. The van der Waals surface area contributed by atoms with Crippen LogP contribution in [-0.2, 0) is 4.74 Å². The van der Waals surface area contributed by atoms with Crippen molar-refractivity contribution in [2.45, 2.75) is 32.6 Å². The van der Waals surface area contributed by atoms with Gasteiger partial charge in [-0.3, -0.25) is 0 Å². The Bertz CT molecular complexity index is 228. The van der Waals surface area contributed by atoms with Crippen LogP contribution in [0.25, 0.3) is 0 Å². The van der Waals surface area contributed by atoms with E-state index in [1.807, 2.05) is 0 Å². The average molecular weight is 272 g/mol. The first-order chi connectivity index (χ1) is 9.12. The lowest BCUT2D eigenvalue weighted by Crippen LogP contribution is -2.46. The van der Waals surface area contributed by atoms with Crippen molar-refractivity contribution in [2.24, 2.45) is 11.3 Å². The summed E-state index contributed by atoms with van der Waals surface area (Å²) in [5.41, 5.74) is 0.379. The molecule has 2 N–H and O–H groups in total. The van der Waals surface area contributed by atoms with E-state index >= 15 is 0 Å².